The third kappa shape index (κ3) is 6.16. The van der Waals surface area contributed by atoms with Gasteiger partial charge in [-0.3, -0.25) is 9.59 Å². The summed E-state index contributed by atoms with van der Waals surface area (Å²) in [5, 5.41) is 11.4. The van der Waals surface area contributed by atoms with Crippen molar-refractivity contribution in [3.05, 3.63) is 28.2 Å². The molecule has 6 heteroatoms. The summed E-state index contributed by atoms with van der Waals surface area (Å²) in [6.45, 7) is 5.71. The van der Waals surface area contributed by atoms with Crippen LogP contribution in [0.15, 0.2) is 22.7 Å². The Balaban J connectivity index is 2.49. The molecular formula is C15H20BrNO4. The Kier molecular flexibility index (Phi) is 6.68. The Bertz CT molecular complexity index is 518. The lowest BCUT2D eigenvalue weighted by Gasteiger charge is -2.17. The number of hydrogen-bond donors (Lipinski definition) is 2. The standard InChI is InChI=1S/C15H20BrNO4/c1-9-4-5-13(12(16)6-9)21-11(3)15(20)17-8-10(2)7-14(18)19/h4-6,10-11H,7-8H2,1-3H3,(H,17,20)(H,18,19). The third-order valence-electron chi connectivity index (χ3n) is 2.91. The van der Waals surface area contributed by atoms with Gasteiger partial charge in [0.1, 0.15) is 5.75 Å². The monoisotopic (exact) mass is 357 g/mol. The van der Waals surface area contributed by atoms with Gasteiger partial charge in [-0.2, -0.15) is 0 Å². The number of halogens is 1. The molecular weight excluding hydrogens is 338 g/mol. The molecule has 0 aromatic heterocycles. The van der Waals surface area contributed by atoms with E-state index in [1.165, 1.54) is 0 Å². The van der Waals surface area contributed by atoms with E-state index < -0.39 is 12.1 Å². The first-order valence-corrected chi connectivity index (χ1v) is 7.51. The van der Waals surface area contributed by atoms with Crippen molar-refractivity contribution in [2.45, 2.75) is 33.3 Å². The molecule has 1 rings (SSSR count). The summed E-state index contributed by atoms with van der Waals surface area (Å²) >= 11 is 3.39. The molecule has 0 saturated heterocycles. The highest BCUT2D eigenvalue weighted by Crippen LogP contribution is 2.26. The summed E-state index contributed by atoms with van der Waals surface area (Å²) in [4.78, 5) is 22.5. The number of aryl methyl sites for hydroxylation is 1. The van der Waals surface area contributed by atoms with Crippen LogP contribution in [0.2, 0.25) is 0 Å². The highest BCUT2D eigenvalue weighted by molar-refractivity contribution is 9.10. The zero-order chi connectivity index (χ0) is 16.0. The van der Waals surface area contributed by atoms with E-state index in [4.69, 9.17) is 9.84 Å². The Morgan fingerprint density at radius 3 is 2.62 bits per heavy atom. The fourth-order valence-corrected chi connectivity index (χ4v) is 2.32. The van der Waals surface area contributed by atoms with Gasteiger partial charge in [0.25, 0.3) is 5.91 Å². The van der Waals surface area contributed by atoms with Crippen LogP contribution in [0.5, 0.6) is 5.75 Å². The van der Waals surface area contributed by atoms with Crippen LogP contribution in [-0.4, -0.2) is 29.6 Å². The predicted octanol–water partition coefficient (Wildman–Crippen LogP) is 2.75. The lowest BCUT2D eigenvalue weighted by atomic mass is 10.1. The zero-order valence-electron chi connectivity index (χ0n) is 12.4. The van der Waals surface area contributed by atoms with E-state index in [9.17, 15) is 9.59 Å². The Morgan fingerprint density at radius 1 is 1.38 bits per heavy atom. The predicted molar refractivity (Wildman–Crippen MR) is 83.4 cm³/mol. The molecule has 1 amide bonds. The molecule has 5 nitrogen and oxygen atoms in total. The summed E-state index contributed by atoms with van der Waals surface area (Å²) < 4.78 is 6.39. The largest absolute Gasteiger partial charge is 0.481 e. The first-order chi connectivity index (χ1) is 9.79. The van der Waals surface area contributed by atoms with Gasteiger partial charge in [0.2, 0.25) is 0 Å². The van der Waals surface area contributed by atoms with Gasteiger partial charge in [0.05, 0.1) is 4.47 Å². The molecule has 0 heterocycles. The van der Waals surface area contributed by atoms with Crippen molar-refractivity contribution in [3.63, 3.8) is 0 Å². The number of aliphatic carboxylic acids is 1. The van der Waals surface area contributed by atoms with E-state index >= 15 is 0 Å². The molecule has 0 radical (unpaired) electrons. The summed E-state index contributed by atoms with van der Waals surface area (Å²) in [7, 11) is 0. The summed E-state index contributed by atoms with van der Waals surface area (Å²) in [5.41, 5.74) is 1.09. The minimum atomic E-state index is -0.871. The smallest absolute Gasteiger partial charge is 0.303 e. The molecule has 0 fully saturated rings. The number of benzene rings is 1. The lowest BCUT2D eigenvalue weighted by molar-refractivity contribution is -0.138. The van der Waals surface area contributed by atoms with Crippen molar-refractivity contribution < 1.29 is 19.4 Å². The van der Waals surface area contributed by atoms with E-state index in [1.807, 2.05) is 19.1 Å². The van der Waals surface area contributed by atoms with Crippen molar-refractivity contribution in [2.75, 3.05) is 6.54 Å². The van der Waals surface area contributed by atoms with Crippen molar-refractivity contribution in [2.24, 2.45) is 5.92 Å². The SMILES string of the molecule is Cc1ccc(OC(C)C(=O)NCC(C)CC(=O)O)c(Br)c1. The number of ether oxygens (including phenoxy) is 1. The summed E-state index contributed by atoms with van der Waals surface area (Å²) in [5.74, 6) is -0.657. The fraction of sp³-hybridized carbons (Fsp3) is 0.467. The van der Waals surface area contributed by atoms with E-state index in [2.05, 4.69) is 21.2 Å². The van der Waals surface area contributed by atoms with Crippen LogP contribution in [-0.2, 0) is 9.59 Å². The number of carboxylic acid groups (broad SMARTS) is 1. The van der Waals surface area contributed by atoms with Gasteiger partial charge in [-0.05, 0) is 53.4 Å². The van der Waals surface area contributed by atoms with Gasteiger partial charge in [-0.15, -0.1) is 0 Å². The number of amides is 1. The molecule has 2 N–H and O–H groups in total. The normalized spacial score (nSPS) is 13.3. The van der Waals surface area contributed by atoms with Crippen molar-refractivity contribution in [3.8, 4) is 5.75 Å². The first kappa shape index (κ1) is 17.5. The molecule has 2 unspecified atom stereocenters. The number of carbonyl (C=O) groups is 2. The van der Waals surface area contributed by atoms with Gasteiger partial charge in [0, 0.05) is 13.0 Å². The zero-order valence-corrected chi connectivity index (χ0v) is 13.9. The second kappa shape index (κ2) is 8.02. The number of nitrogens with one attached hydrogen (secondary N) is 1. The van der Waals surface area contributed by atoms with Crippen LogP contribution in [0.4, 0.5) is 0 Å². The van der Waals surface area contributed by atoms with Crippen molar-refractivity contribution in [1.82, 2.24) is 5.32 Å². The number of hydrogen-bond acceptors (Lipinski definition) is 3. The lowest BCUT2D eigenvalue weighted by Crippen LogP contribution is -2.38. The maximum atomic E-state index is 11.9. The number of carboxylic acids is 1. The highest BCUT2D eigenvalue weighted by atomic mass is 79.9. The minimum absolute atomic E-state index is 0.0268. The maximum absolute atomic E-state index is 11.9. The summed E-state index contributed by atoms with van der Waals surface area (Å²) in [6, 6.07) is 5.62. The number of rotatable bonds is 7. The van der Waals surface area contributed by atoms with Crippen LogP contribution in [0.3, 0.4) is 0 Å². The molecule has 116 valence electrons. The van der Waals surface area contributed by atoms with Crippen LogP contribution >= 0.6 is 15.9 Å². The topological polar surface area (TPSA) is 75.6 Å². The number of carbonyl (C=O) groups excluding carboxylic acids is 1. The second-order valence-electron chi connectivity index (χ2n) is 5.14. The van der Waals surface area contributed by atoms with Gasteiger partial charge in [-0.25, -0.2) is 0 Å². The van der Waals surface area contributed by atoms with Gasteiger partial charge < -0.3 is 15.2 Å². The first-order valence-electron chi connectivity index (χ1n) is 6.72. The third-order valence-corrected chi connectivity index (χ3v) is 3.53. The minimum Gasteiger partial charge on any atom is -0.481 e. The van der Waals surface area contributed by atoms with Gasteiger partial charge in [-0.1, -0.05) is 13.0 Å². The molecule has 1 aromatic rings. The van der Waals surface area contributed by atoms with Crippen LogP contribution in [0.25, 0.3) is 0 Å². The summed E-state index contributed by atoms with van der Waals surface area (Å²) in [6.07, 6.45) is -0.625. The Hall–Kier alpha value is -1.56. The van der Waals surface area contributed by atoms with E-state index in [0.717, 1.165) is 10.0 Å². The molecule has 0 aliphatic heterocycles. The molecule has 21 heavy (non-hydrogen) atoms. The van der Waals surface area contributed by atoms with Crippen molar-refractivity contribution >= 4 is 27.8 Å². The van der Waals surface area contributed by atoms with Gasteiger partial charge >= 0.3 is 5.97 Å². The second-order valence-corrected chi connectivity index (χ2v) is 6.00. The highest BCUT2D eigenvalue weighted by Gasteiger charge is 2.17. The van der Waals surface area contributed by atoms with Crippen LogP contribution < -0.4 is 10.1 Å². The molecule has 1 aromatic carbocycles. The maximum Gasteiger partial charge on any atom is 0.303 e. The molecule has 0 bridgehead atoms. The molecule has 0 saturated carbocycles. The molecule has 0 aliphatic rings. The Morgan fingerprint density at radius 2 is 2.05 bits per heavy atom. The van der Waals surface area contributed by atoms with Gasteiger partial charge in [0.15, 0.2) is 6.10 Å². The average molecular weight is 358 g/mol. The fourth-order valence-electron chi connectivity index (χ4n) is 1.73. The molecule has 2 atom stereocenters. The van der Waals surface area contributed by atoms with Crippen molar-refractivity contribution in [1.29, 1.82) is 0 Å². The molecule has 0 spiro atoms. The van der Waals surface area contributed by atoms with Crippen LogP contribution in [0.1, 0.15) is 25.8 Å². The van der Waals surface area contributed by atoms with E-state index in [0.29, 0.717) is 12.3 Å². The van der Waals surface area contributed by atoms with Crippen LogP contribution in [0, 0.1) is 12.8 Å². The van der Waals surface area contributed by atoms with E-state index in [-0.39, 0.29) is 18.2 Å². The Labute approximate surface area is 132 Å². The average Bonchev–Trinajstić information content (AvgIpc) is 2.38. The van der Waals surface area contributed by atoms with E-state index in [1.54, 1.807) is 19.9 Å². The molecule has 0 aliphatic carbocycles. The quantitative estimate of drug-likeness (QED) is 0.786.